The number of halogens is 1. The number of hydrogen-bond donors (Lipinski definition) is 1. The van der Waals surface area contributed by atoms with Gasteiger partial charge in [0.1, 0.15) is 0 Å². The van der Waals surface area contributed by atoms with Gasteiger partial charge >= 0.3 is 0 Å². The molecule has 0 saturated heterocycles. The molecule has 0 aromatic heterocycles. The van der Waals surface area contributed by atoms with Crippen LogP contribution in [0.25, 0.3) is 0 Å². The molecule has 2 nitrogen and oxygen atoms in total. The third-order valence-electron chi connectivity index (χ3n) is 3.66. The Morgan fingerprint density at radius 2 is 1.83 bits per heavy atom. The summed E-state index contributed by atoms with van der Waals surface area (Å²) in [7, 11) is -1.91. The molecule has 0 heterocycles. The Kier molecular flexibility index (Phi) is 5.01. The third kappa shape index (κ3) is 3.57. The van der Waals surface area contributed by atoms with Crippen LogP contribution in [-0.2, 0) is 4.43 Å². The van der Waals surface area contributed by atoms with Crippen molar-refractivity contribution >= 4 is 19.9 Å². The van der Waals surface area contributed by atoms with Crippen molar-refractivity contribution in [2.75, 3.05) is 6.61 Å². The van der Waals surface area contributed by atoms with Gasteiger partial charge in [-0.15, -0.1) is 0 Å². The van der Waals surface area contributed by atoms with Gasteiger partial charge in [-0.05, 0) is 24.2 Å². The average molecular weight is 287 g/mol. The van der Waals surface area contributed by atoms with E-state index in [0.29, 0.717) is 5.02 Å². The van der Waals surface area contributed by atoms with Gasteiger partial charge in [0.25, 0.3) is 0 Å². The van der Waals surface area contributed by atoms with E-state index >= 15 is 0 Å². The van der Waals surface area contributed by atoms with E-state index < -0.39 is 8.32 Å². The predicted molar refractivity (Wildman–Crippen MR) is 79.6 cm³/mol. The van der Waals surface area contributed by atoms with E-state index in [2.05, 4.69) is 33.9 Å². The summed E-state index contributed by atoms with van der Waals surface area (Å²) in [5.74, 6) is 0. The Bertz CT molecular complexity index is 399. The Hall–Kier alpha value is -0.353. The standard InChI is InChI=1S/C14H23ClO2Si/c1-14(2,3)18(4,5)17-13(10-16)11-8-6-7-9-12(11)15/h6-9,13,16H,10H2,1-5H3. The van der Waals surface area contributed by atoms with E-state index in [4.69, 9.17) is 16.0 Å². The summed E-state index contributed by atoms with van der Waals surface area (Å²) >= 11 is 6.17. The van der Waals surface area contributed by atoms with Crippen LogP contribution in [0.4, 0.5) is 0 Å². The molecular formula is C14H23ClO2Si. The predicted octanol–water partition coefficient (Wildman–Crippen LogP) is 4.40. The average Bonchev–Trinajstić information content (AvgIpc) is 2.25. The lowest BCUT2D eigenvalue weighted by Crippen LogP contribution is -2.42. The first kappa shape index (κ1) is 15.7. The molecule has 0 amide bonds. The molecule has 4 heteroatoms. The lowest BCUT2D eigenvalue weighted by Gasteiger charge is -2.39. The van der Waals surface area contributed by atoms with Crippen molar-refractivity contribution in [1.82, 2.24) is 0 Å². The summed E-state index contributed by atoms with van der Waals surface area (Å²) in [5, 5.41) is 10.3. The zero-order chi connectivity index (χ0) is 14.0. The summed E-state index contributed by atoms with van der Waals surface area (Å²) in [6, 6.07) is 7.54. The van der Waals surface area contributed by atoms with Gasteiger partial charge in [0.2, 0.25) is 0 Å². The molecular weight excluding hydrogens is 264 g/mol. The molecule has 0 aliphatic rings. The summed E-state index contributed by atoms with van der Waals surface area (Å²) in [5.41, 5.74) is 0.867. The van der Waals surface area contributed by atoms with E-state index in [0.717, 1.165) is 5.56 Å². The van der Waals surface area contributed by atoms with Crippen molar-refractivity contribution < 1.29 is 9.53 Å². The van der Waals surface area contributed by atoms with Crippen LogP contribution >= 0.6 is 11.6 Å². The highest BCUT2D eigenvalue weighted by molar-refractivity contribution is 6.74. The van der Waals surface area contributed by atoms with Gasteiger partial charge in [0.05, 0.1) is 12.7 Å². The van der Waals surface area contributed by atoms with Gasteiger partial charge in [-0.2, -0.15) is 0 Å². The first-order chi connectivity index (χ1) is 8.19. The molecule has 1 atom stereocenters. The lowest BCUT2D eigenvalue weighted by molar-refractivity contribution is 0.103. The Morgan fingerprint density at radius 1 is 1.28 bits per heavy atom. The number of hydrogen-bond acceptors (Lipinski definition) is 2. The van der Waals surface area contributed by atoms with E-state index in [1.54, 1.807) is 0 Å². The van der Waals surface area contributed by atoms with Crippen LogP contribution in [0.15, 0.2) is 24.3 Å². The summed E-state index contributed by atoms with van der Waals surface area (Å²) in [6.45, 7) is 10.8. The fourth-order valence-corrected chi connectivity index (χ4v) is 2.99. The minimum atomic E-state index is -1.91. The quantitative estimate of drug-likeness (QED) is 0.832. The van der Waals surface area contributed by atoms with Crippen molar-refractivity contribution in [3.8, 4) is 0 Å². The molecule has 1 aromatic carbocycles. The number of aliphatic hydroxyl groups is 1. The van der Waals surface area contributed by atoms with Crippen LogP contribution in [0.3, 0.4) is 0 Å². The first-order valence-corrected chi connectivity index (χ1v) is 9.51. The van der Waals surface area contributed by atoms with Crippen LogP contribution in [0.5, 0.6) is 0 Å². The second-order valence-corrected chi connectivity index (χ2v) is 11.2. The molecule has 102 valence electrons. The molecule has 0 spiro atoms. The van der Waals surface area contributed by atoms with Crippen molar-refractivity contribution in [2.24, 2.45) is 0 Å². The van der Waals surface area contributed by atoms with Gasteiger partial charge in [-0.3, -0.25) is 0 Å². The maximum Gasteiger partial charge on any atom is 0.193 e. The molecule has 1 rings (SSSR count). The van der Waals surface area contributed by atoms with E-state index in [1.807, 2.05) is 24.3 Å². The van der Waals surface area contributed by atoms with Gasteiger partial charge < -0.3 is 9.53 Å². The largest absolute Gasteiger partial charge is 0.408 e. The SMILES string of the molecule is CC(C)(C)[Si](C)(C)OC(CO)c1ccccc1Cl. The van der Waals surface area contributed by atoms with E-state index in [9.17, 15) is 5.11 Å². The molecule has 0 bridgehead atoms. The smallest absolute Gasteiger partial charge is 0.193 e. The molecule has 1 N–H and O–H groups in total. The van der Waals surface area contributed by atoms with Crippen LogP contribution < -0.4 is 0 Å². The number of benzene rings is 1. The minimum absolute atomic E-state index is 0.0454. The summed E-state index contributed by atoms with van der Waals surface area (Å²) in [6.07, 6.45) is -0.334. The van der Waals surface area contributed by atoms with Crippen LogP contribution in [0.2, 0.25) is 23.2 Å². The molecule has 0 aliphatic carbocycles. The van der Waals surface area contributed by atoms with E-state index in [-0.39, 0.29) is 17.7 Å². The van der Waals surface area contributed by atoms with Gasteiger partial charge in [0, 0.05) is 10.6 Å². The fourth-order valence-electron chi connectivity index (χ4n) is 1.47. The van der Waals surface area contributed by atoms with E-state index in [1.165, 1.54) is 0 Å². The van der Waals surface area contributed by atoms with Crippen molar-refractivity contribution in [2.45, 2.75) is 45.0 Å². The second kappa shape index (κ2) is 5.74. The molecule has 1 aromatic rings. The van der Waals surface area contributed by atoms with Crippen molar-refractivity contribution in [3.05, 3.63) is 34.9 Å². The zero-order valence-electron chi connectivity index (χ0n) is 11.8. The highest BCUT2D eigenvalue weighted by atomic mass is 35.5. The van der Waals surface area contributed by atoms with Crippen LogP contribution in [0, 0.1) is 0 Å². The highest BCUT2D eigenvalue weighted by Crippen LogP contribution is 2.40. The minimum Gasteiger partial charge on any atom is -0.408 e. The molecule has 0 aliphatic heterocycles. The lowest BCUT2D eigenvalue weighted by atomic mass is 10.1. The maximum atomic E-state index is 9.57. The molecule has 1 unspecified atom stereocenters. The maximum absolute atomic E-state index is 9.57. The van der Waals surface area contributed by atoms with Crippen molar-refractivity contribution in [3.63, 3.8) is 0 Å². The number of aliphatic hydroxyl groups excluding tert-OH is 1. The summed E-state index contributed by atoms with van der Waals surface area (Å²) < 4.78 is 6.22. The van der Waals surface area contributed by atoms with Gasteiger partial charge in [-0.25, -0.2) is 0 Å². The molecule has 18 heavy (non-hydrogen) atoms. The highest BCUT2D eigenvalue weighted by Gasteiger charge is 2.39. The molecule has 0 fully saturated rings. The Balaban J connectivity index is 2.97. The van der Waals surface area contributed by atoms with Crippen molar-refractivity contribution in [1.29, 1.82) is 0 Å². The topological polar surface area (TPSA) is 29.5 Å². The first-order valence-electron chi connectivity index (χ1n) is 6.22. The summed E-state index contributed by atoms with van der Waals surface area (Å²) in [4.78, 5) is 0. The van der Waals surface area contributed by atoms with Gasteiger partial charge in [0.15, 0.2) is 8.32 Å². The van der Waals surface area contributed by atoms with Gasteiger partial charge in [-0.1, -0.05) is 50.6 Å². The zero-order valence-corrected chi connectivity index (χ0v) is 13.6. The third-order valence-corrected chi connectivity index (χ3v) is 8.49. The van der Waals surface area contributed by atoms with Crippen LogP contribution in [0.1, 0.15) is 32.4 Å². The number of rotatable bonds is 4. The molecule has 0 saturated carbocycles. The molecule has 0 radical (unpaired) electrons. The van der Waals surface area contributed by atoms with Crippen LogP contribution in [-0.4, -0.2) is 20.0 Å². The monoisotopic (exact) mass is 286 g/mol. The fraction of sp³-hybridized carbons (Fsp3) is 0.571. The Labute approximate surface area is 116 Å². The Morgan fingerprint density at radius 3 is 2.28 bits per heavy atom. The normalized spacial score (nSPS) is 14.6. The second-order valence-electron chi connectivity index (χ2n) is 6.07.